The van der Waals surface area contributed by atoms with E-state index in [1.807, 2.05) is 11.6 Å². The average Bonchev–Trinajstić information content (AvgIpc) is 2.96. The van der Waals surface area contributed by atoms with Crippen LogP contribution in [0.4, 0.5) is 5.69 Å². The first-order valence-corrected chi connectivity index (χ1v) is 6.11. The quantitative estimate of drug-likeness (QED) is 0.786. The molecule has 20 heavy (non-hydrogen) atoms. The molecule has 0 radical (unpaired) electrons. The number of anilines is 1. The number of amides is 1. The highest BCUT2D eigenvalue weighted by molar-refractivity contribution is 6.52. The fourth-order valence-electron chi connectivity index (χ4n) is 2.26. The van der Waals surface area contributed by atoms with Gasteiger partial charge in [-0.15, -0.1) is 0 Å². The molecule has 6 heteroatoms. The summed E-state index contributed by atoms with van der Waals surface area (Å²) in [5, 5.41) is 0. The number of methoxy groups -OCH3 is 1. The van der Waals surface area contributed by atoms with Gasteiger partial charge in [-0.1, -0.05) is 0 Å². The van der Waals surface area contributed by atoms with Gasteiger partial charge in [0.15, 0.2) is 0 Å². The van der Waals surface area contributed by atoms with E-state index in [-0.39, 0.29) is 0 Å². The van der Waals surface area contributed by atoms with Crippen molar-refractivity contribution < 1.29 is 14.3 Å². The monoisotopic (exact) mass is 271 g/mol. The van der Waals surface area contributed by atoms with Crippen molar-refractivity contribution in [3.05, 3.63) is 42.0 Å². The van der Waals surface area contributed by atoms with Crippen molar-refractivity contribution in [3.8, 4) is 5.75 Å². The van der Waals surface area contributed by atoms with Crippen molar-refractivity contribution in [2.45, 2.75) is 6.54 Å². The second-order valence-electron chi connectivity index (χ2n) is 4.60. The number of ketones is 1. The first-order chi connectivity index (χ1) is 9.61. The van der Waals surface area contributed by atoms with Crippen molar-refractivity contribution >= 4 is 17.4 Å². The Morgan fingerprint density at radius 2 is 2.10 bits per heavy atom. The molecular formula is C14H13N3O3. The van der Waals surface area contributed by atoms with Gasteiger partial charge in [0.1, 0.15) is 5.75 Å². The lowest BCUT2D eigenvalue weighted by Crippen LogP contribution is -2.29. The van der Waals surface area contributed by atoms with Crippen molar-refractivity contribution in [1.82, 2.24) is 9.55 Å². The molecule has 1 aromatic carbocycles. The minimum Gasteiger partial charge on any atom is -0.497 e. The molecule has 1 amide bonds. The number of fused-ring (bicyclic) bond motifs is 1. The van der Waals surface area contributed by atoms with E-state index in [1.54, 1.807) is 30.7 Å². The maximum Gasteiger partial charge on any atom is 0.299 e. The number of hydrogen-bond acceptors (Lipinski definition) is 4. The van der Waals surface area contributed by atoms with Crippen LogP contribution in [0.2, 0.25) is 0 Å². The summed E-state index contributed by atoms with van der Waals surface area (Å²) in [5.74, 6) is -0.456. The Kier molecular flexibility index (Phi) is 2.78. The van der Waals surface area contributed by atoms with Gasteiger partial charge in [-0.05, 0) is 18.2 Å². The highest BCUT2D eigenvalue weighted by atomic mass is 16.5. The zero-order valence-corrected chi connectivity index (χ0v) is 11.2. The predicted octanol–water partition coefficient (Wildman–Crippen LogP) is 1.16. The zero-order chi connectivity index (χ0) is 14.3. The van der Waals surface area contributed by atoms with Crippen molar-refractivity contribution in [2.75, 3.05) is 12.0 Å². The van der Waals surface area contributed by atoms with Gasteiger partial charge in [0.25, 0.3) is 11.7 Å². The van der Waals surface area contributed by atoms with Crippen molar-refractivity contribution in [2.24, 2.45) is 7.05 Å². The molecule has 0 atom stereocenters. The molecule has 6 nitrogen and oxygen atoms in total. The SMILES string of the molecule is COc1ccc2c(c1)C(=O)C(=O)N2Cc1cncn1C. The number of Topliss-reactive ketones (excluding diaryl/α,β-unsaturated/α-hetero) is 1. The average molecular weight is 271 g/mol. The number of carbonyl (C=O) groups excluding carboxylic acids is 2. The molecule has 1 aliphatic rings. The number of nitrogens with zero attached hydrogens (tertiary/aromatic N) is 3. The number of rotatable bonds is 3. The molecular weight excluding hydrogens is 258 g/mol. The second kappa shape index (κ2) is 4.48. The van der Waals surface area contributed by atoms with Crippen molar-refractivity contribution in [3.63, 3.8) is 0 Å². The Balaban J connectivity index is 2.00. The summed E-state index contributed by atoms with van der Waals surface area (Å²) in [6.07, 6.45) is 3.34. The molecule has 3 rings (SSSR count). The van der Waals surface area contributed by atoms with Crippen LogP contribution in [0.3, 0.4) is 0 Å². The maximum absolute atomic E-state index is 12.1. The lowest BCUT2D eigenvalue weighted by atomic mass is 10.1. The molecule has 0 saturated heterocycles. The third-order valence-electron chi connectivity index (χ3n) is 3.42. The van der Waals surface area contributed by atoms with Crippen LogP contribution >= 0.6 is 0 Å². The van der Waals surface area contributed by atoms with Crippen LogP contribution in [0.25, 0.3) is 0 Å². The fourth-order valence-corrected chi connectivity index (χ4v) is 2.26. The number of aromatic nitrogens is 2. The molecule has 2 heterocycles. The van der Waals surface area contributed by atoms with E-state index in [9.17, 15) is 9.59 Å². The first-order valence-electron chi connectivity index (χ1n) is 6.11. The predicted molar refractivity (Wildman–Crippen MR) is 71.7 cm³/mol. The summed E-state index contributed by atoms with van der Waals surface area (Å²) in [7, 11) is 3.37. The Labute approximate surface area is 115 Å². The fraction of sp³-hybridized carbons (Fsp3) is 0.214. The summed E-state index contributed by atoms with van der Waals surface area (Å²) >= 11 is 0. The van der Waals surface area contributed by atoms with E-state index in [0.717, 1.165) is 5.69 Å². The lowest BCUT2D eigenvalue weighted by molar-refractivity contribution is -0.114. The molecule has 0 N–H and O–H groups in total. The Bertz CT molecular complexity index is 705. The molecule has 102 valence electrons. The normalized spacial score (nSPS) is 13.8. The van der Waals surface area contributed by atoms with E-state index in [1.165, 1.54) is 12.0 Å². The van der Waals surface area contributed by atoms with Crippen molar-refractivity contribution in [1.29, 1.82) is 0 Å². The van der Waals surface area contributed by atoms with Gasteiger partial charge in [0.05, 0.1) is 36.9 Å². The molecule has 0 spiro atoms. The van der Waals surface area contributed by atoms with E-state index in [2.05, 4.69) is 4.98 Å². The van der Waals surface area contributed by atoms with E-state index in [0.29, 0.717) is 23.5 Å². The standard InChI is InChI=1S/C14H13N3O3/c1-16-8-15-6-9(16)7-17-12-4-3-10(20-2)5-11(12)13(18)14(17)19/h3-6,8H,7H2,1-2H3. The molecule has 1 aliphatic heterocycles. The van der Waals surface area contributed by atoms with Crippen LogP contribution in [0.15, 0.2) is 30.7 Å². The van der Waals surface area contributed by atoms with Gasteiger partial charge in [-0.3, -0.25) is 14.5 Å². The summed E-state index contributed by atoms with van der Waals surface area (Å²) in [6, 6.07) is 5.06. The minimum absolute atomic E-state index is 0.320. The highest BCUT2D eigenvalue weighted by Crippen LogP contribution is 2.32. The zero-order valence-electron chi connectivity index (χ0n) is 11.2. The van der Waals surface area contributed by atoms with Gasteiger partial charge < -0.3 is 9.30 Å². The van der Waals surface area contributed by atoms with Gasteiger partial charge in [0.2, 0.25) is 0 Å². The summed E-state index contributed by atoms with van der Waals surface area (Å²) < 4.78 is 6.91. The van der Waals surface area contributed by atoms with E-state index in [4.69, 9.17) is 4.74 Å². The van der Waals surface area contributed by atoms with Crippen LogP contribution in [-0.2, 0) is 18.4 Å². The number of carbonyl (C=O) groups is 2. The van der Waals surface area contributed by atoms with E-state index >= 15 is 0 Å². The largest absolute Gasteiger partial charge is 0.497 e. The maximum atomic E-state index is 12.1. The van der Waals surface area contributed by atoms with Crippen LogP contribution < -0.4 is 9.64 Å². The number of hydrogen-bond donors (Lipinski definition) is 0. The Hall–Kier alpha value is -2.63. The molecule has 0 fully saturated rings. The number of ether oxygens (including phenoxy) is 1. The third-order valence-corrected chi connectivity index (χ3v) is 3.42. The van der Waals surface area contributed by atoms with Crippen LogP contribution in [0, 0.1) is 0 Å². The van der Waals surface area contributed by atoms with E-state index < -0.39 is 11.7 Å². The third kappa shape index (κ3) is 1.77. The smallest absolute Gasteiger partial charge is 0.299 e. The molecule has 0 aliphatic carbocycles. The van der Waals surface area contributed by atoms with Gasteiger partial charge in [0, 0.05) is 13.2 Å². The highest BCUT2D eigenvalue weighted by Gasteiger charge is 2.36. The molecule has 2 aromatic rings. The number of imidazole rings is 1. The Morgan fingerprint density at radius 3 is 2.75 bits per heavy atom. The molecule has 0 unspecified atom stereocenters. The Morgan fingerprint density at radius 1 is 1.30 bits per heavy atom. The summed E-state index contributed by atoms with van der Waals surface area (Å²) in [6.45, 7) is 0.320. The van der Waals surface area contributed by atoms with Crippen LogP contribution in [-0.4, -0.2) is 28.4 Å². The number of benzene rings is 1. The van der Waals surface area contributed by atoms with Crippen LogP contribution in [0.1, 0.15) is 16.1 Å². The lowest BCUT2D eigenvalue weighted by Gasteiger charge is -2.16. The molecule has 0 bridgehead atoms. The summed E-state index contributed by atoms with van der Waals surface area (Å²) in [5.41, 5.74) is 1.85. The van der Waals surface area contributed by atoms with Gasteiger partial charge in [-0.2, -0.15) is 0 Å². The van der Waals surface area contributed by atoms with Crippen LogP contribution in [0.5, 0.6) is 5.75 Å². The topological polar surface area (TPSA) is 64.4 Å². The molecule has 0 saturated carbocycles. The second-order valence-corrected chi connectivity index (χ2v) is 4.60. The first kappa shape index (κ1) is 12.4. The minimum atomic E-state index is -0.519. The van der Waals surface area contributed by atoms with Gasteiger partial charge in [-0.25, -0.2) is 4.98 Å². The molecule has 1 aromatic heterocycles. The summed E-state index contributed by atoms with van der Waals surface area (Å²) in [4.78, 5) is 29.6. The number of aryl methyl sites for hydroxylation is 1. The van der Waals surface area contributed by atoms with Gasteiger partial charge >= 0.3 is 0 Å².